The lowest BCUT2D eigenvalue weighted by Crippen LogP contribution is -2.48. The van der Waals surface area contributed by atoms with Gasteiger partial charge in [0.15, 0.2) is 6.20 Å². The van der Waals surface area contributed by atoms with Gasteiger partial charge in [-0.05, 0) is 16.0 Å². The summed E-state index contributed by atoms with van der Waals surface area (Å²) in [5.74, 6) is -0.270. The second-order valence-corrected chi connectivity index (χ2v) is 3.35. The van der Waals surface area contributed by atoms with Crippen molar-refractivity contribution in [2.75, 3.05) is 24.5 Å². The van der Waals surface area contributed by atoms with Crippen LogP contribution in [0.5, 0.6) is 0 Å². The predicted octanol–water partition coefficient (Wildman–Crippen LogP) is -0.0740. The molecule has 0 aliphatic carbocycles. The van der Waals surface area contributed by atoms with Crippen molar-refractivity contribution < 1.29 is 9.72 Å². The van der Waals surface area contributed by atoms with Crippen LogP contribution in [0.1, 0.15) is 0 Å². The summed E-state index contributed by atoms with van der Waals surface area (Å²) in [7, 11) is 0. The van der Waals surface area contributed by atoms with Gasteiger partial charge in [-0.2, -0.15) is 0 Å². The van der Waals surface area contributed by atoms with Crippen molar-refractivity contribution in [3.63, 3.8) is 0 Å². The van der Waals surface area contributed by atoms with Gasteiger partial charge in [-0.1, -0.05) is 0 Å². The number of aromatic nitrogens is 1. The normalized spacial score (nSPS) is 16.2. The minimum Gasteiger partial charge on any atom is -0.358 e. The number of carbonyl (C=O) groups is 1. The average molecular weight is 222 g/mol. The fourth-order valence-corrected chi connectivity index (χ4v) is 1.53. The average Bonchev–Trinajstić information content (AvgIpc) is 2.30. The molecule has 84 valence electrons. The molecule has 1 aliphatic rings. The Morgan fingerprint density at radius 2 is 2.31 bits per heavy atom. The lowest BCUT2D eigenvalue weighted by molar-refractivity contribution is -0.389. The smallest absolute Gasteiger partial charge is 0.358 e. The van der Waals surface area contributed by atoms with Crippen molar-refractivity contribution in [2.24, 2.45) is 0 Å². The molecule has 0 unspecified atom stereocenters. The van der Waals surface area contributed by atoms with Crippen molar-refractivity contribution in [1.82, 2.24) is 10.3 Å². The summed E-state index contributed by atoms with van der Waals surface area (Å²) in [6.07, 6.45) is 1.35. The summed E-state index contributed by atoms with van der Waals surface area (Å²) in [4.78, 5) is 26.6. The molecule has 1 amide bonds. The highest BCUT2D eigenvalue weighted by Gasteiger charge is 2.20. The molecule has 1 aromatic heterocycles. The molecule has 0 bridgehead atoms. The van der Waals surface area contributed by atoms with Gasteiger partial charge in [-0.25, -0.2) is 0 Å². The van der Waals surface area contributed by atoms with Crippen molar-refractivity contribution in [2.45, 2.75) is 0 Å². The second kappa shape index (κ2) is 4.23. The van der Waals surface area contributed by atoms with Gasteiger partial charge in [0.1, 0.15) is 0 Å². The maximum Gasteiger partial charge on any atom is 0.363 e. The molecule has 0 atom stereocenters. The summed E-state index contributed by atoms with van der Waals surface area (Å²) >= 11 is 0. The summed E-state index contributed by atoms with van der Waals surface area (Å²) < 4.78 is 0. The molecule has 1 saturated heterocycles. The van der Waals surface area contributed by atoms with Crippen LogP contribution in [0.2, 0.25) is 0 Å². The fraction of sp³-hybridized carbons (Fsp3) is 0.333. The van der Waals surface area contributed by atoms with E-state index in [2.05, 4.69) is 10.3 Å². The fourth-order valence-electron chi connectivity index (χ4n) is 1.53. The molecule has 1 aliphatic heterocycles. The molecular weight excluding hydrogens is 212 g/mol. The standard InChI is InChI=1S/C9H10N4O3/c14-9-6-10-3-4-12(9)7-1-2-8(11-5-7)13(15)16/h1-2,5,10H,3-4,6H2. The number of hydrogen-bond acceptors (Lipinski definition) is 5. The molecule has 0 radical (unpaired) electrons. The first-order valence-corrected chi connectivity index (χ1v) is 4.80. The lowest BCUT2D eigenvalue weighted by Gasteiger charge is -2.26. The van der Waals surface area contributed by atoms with Gasteiger partial charge in [-0.15, -0.1) is 0 Å². The SMILES string of the molecule is O=C1CNCCN1c1ccc([N+](=O)[O-])nc1. The molecule has 16 heavy (non-hydrogen) atoms. The molecule has 2 heterocycles. The topological polar surface area (TPSA) is 88.4 Å². The highest BCUT2D eigenvalue weighted by molar-refractivity contribution is 5.95. The Morgan fingerprint density at radius 3 is 2.88 bits per heavy atom. The van der Waals surface area contributed by atoms with Crippen LogP contribution in [-0.4, -0.2) is 35.4 Å². The Morgan fingerprint density at radius 1 is 1.50 bits per heavy atom. The third-order valence-corrected chi connectivity index (χ3v) is 2.32. The summed E-state index contributed by atoms with van der Waals surface area (Å²) in [5, 5.41) is 13.3. The Balaban J connectivity index is 2.20. The van der Waals surface area contributed by atoms with E-state index in [0.29, 0.717) is 18.8 Å². The van der Waals surface area contributed by atoms with E-state index in [1.54, 1.807) is 4.90 Å². The van der Waals surface area contributed by atoms with Crippen LogP contribution in [0.25, 0.3) is 0 Å². The van der Waals surface area contributed by atoms with Gasteiger partial charge < -0.3 is 20.3 Å². The highest BCUT2D eigenvalue weighted by Crippen LogP contribution is 2.16. The minimum atomic E-state index is -0.566. The van der Waals surface area contributed by atoms with Gasteiger partial charge in [0.25, 0.3) is 0 Å². The molecule has 1 fully saturated rings. The van der Waals surface area contributed by atoms with Crippen molar-refractivity contribution in [1.29, 1.82) is 0 Å². The van der Waals surface area contributed by atoms with Gasteiger partial charge in [0.2, 0.25) is 5.91 Å². The first kappa shape index (κ1) is 10.5. The van der Waals surface area contributed by atoms with E-state index in [1.165, 1.54) is 18.3 Å². The van der Waals surface area contributed by atoms with Crippen LogP contribution >= 0.6 is 0 Å². The van der Waals surface area contributed by atoms with Crippen molar-refractivity contribution in [3.05, 3.63) is 28.4 Å². The molecule has 2 rings (SSSR count). The number of amides is 1. The quantitative estimate of drug-likeness (QED) is 0.558. The van der Waals surface area contributed by atoms with E-state index in [9.17, 15) is 14.9 Å². The molecule has 1 N–H and O–H groups in total. The van der Waals surface area contributed by atoms with E-state index in [4.69, 9.17) is 0 Å². The third kappa shape index (κ3) is 1.98. The van der Waals surface area contributed by atoms with Crippen LogP contribution in [0.3, 0.4) is 0 Å². The highest BCUT2D eigenvalue weighted by atomic mass is 16.6. The zero-order valence-electron chi connectivity index (χ0n) is 8.42. The van der Waals surface area contributed by atoms with Crippen LogP contribution in [0.15, 0.2) is 18.3 Å². The number of rotatable bonds is 2. The maximum absolute atomic E-state index is 11.5. The van der Waals surface area contributed by atoms with Gasteiger partial charge in [0.05, 0.1) is 12.2 Å². The molecule has 1 aromatic rings. The number of pyridine rings is 1. The first-order chi connectivity index (χ1) is 7.68. The number of nitrogens with one attached hydrogen (secondary N) is 1. The monoisotopic (exact) mass is 222 g/mol. The number of piperazine rings is 1. The maximum atomic E-state index is 11.5. The van der Waals surface area contributed by atoms with E-state index >= 15 is 0 Å². The van der Waals surface area contributed by atoms with Crippen LogP contribution in [0.4, 0.5) is 11.5 Å². The molecule has 0 saturated carbocycles. The molecular formula is C9H10N4O3. The molecule has 0 aromatic carbocycles. The largest absolute Gasteiger partial charge is 0.363 e. The molecule has 7 nitrogen and oxygen atoms in total. The van der Waals surface area contributed by atoms with Gasteiger partial charge >= 0.3 is 5.82 Å². The number of anilines is 1. The third-order valence-electron chi connectivity index (χ3n) is 2.32. The van der Waals surface area contributed by atoms with E-state index in [-0.39, 0.29) is 18.3 Å². The first-order valence-electron chi connectivity index (χ1n) is 4.80. The zero-order valence-corrected chi connectivity index (χ0v) is 8.42. The van der Waals surface area contributed by atoms with E-state index in [0.717, 1.165) is 0 Å². The lowest BCUT2D eigenvalue weighted by atomic mass is 10.3. The van der Waals surface area contributed by atoms with Crippen molar-refractivity contribution in [3.8, 4) is 0 Å². The van der Waals surface area contributed by atoms with Gasteiger partial charge in [-0.3, -0.25) is 4.79 Å². The summed E-state index contributed by atoms with van der Waals surface area (Å²) in [6.45, 7) is 1.55. The zero-order chi connectivity index (χ0) is 11.5. The van der Waals surface area contributed by atoms with Crippen LogP contribution in [-0.2, 0) is 4.79 Å². The number of hydrogen-bond donors (Lipinski definition) is 1. The van der Waals surface area contributed by atoms with E-state index in [1.807, 2.05) is 0 Å². The Labute approximate surface area is 91.2 Å². The van der Waals surface area contributed by atoms with Crippen LogP contribution in [0, 0.1) is 10.1 Å². The number of nitrogens with zero attached hydrogens (tertiary/aromatic N) is 3. The van der Waals surface area contributed by atoms with E-state index < -0.39 is 4.92 Å². The summed E-state index contributed by atoms with van der Waals surface area (Å²) in [6, 6.07) is 2.83. The molecule has 7 heteroatoms. The number of carbonyl (C=O) groups excluding carboxylic acids is 1. The molecule has 0 spiro atoms. The Bertz CT molecular complexity index is 417. The van der Waals surface area contributed by atoms with Crippen LogP contribution < -0.4 is 10.2 Å². The Kier molecular flexibility index (Phi) is 2.78. The van der Waals surface area contributed by atoms with Crippen molar-refractivity contribution >= 4 is 17.4 Å². The number of nitro groups is 1. The Hall–Kier alpha value is -2.02. The van der Waals surface area contributed by atoms with Gasteiger partial charge in [0, 0.05) is 19.2 Å². The second-order valence-electron chi connectivity index (χ2n) is 3.35. The predicted molar refractivity (Wildman–Crippen MR) is 56.1 cm³/mol. The minimum absolute atomic E-state index is 0.0538. The summed E-state index contributed by atoms with van der Waals surface area (Å²) in [5.41, 5.74) is 0.595.